The summed E-state index contributed by atoms with van der Waals surface area (Å²) in [6, 6.07) is 16.4. The van der Waals surface area contributed by atoms with E-state index >= 15 is 0 Å². The molecule has 2 atom stereocenters. The molecule has 0 spiro atoms. The number of benzene rings is 2. The monoisotopic (exact) mass is 273 g/mol. The van der Waals surface area contributed by atoms with Crippen molar-refractivity contribution in [2.24, 2.45) is 0 Å². The highest BCUT2D eigenvalue weighted by Gasteiger charge is 2.09. The molecule has 3 heteroatoms. The third-order valence-corrected chi connectivity index (χ3v) is 3.27. The van der Waals surface area contributed by atoms with Gasteiger partial charge in [-0.1, -0.05) is 42.5 Å². The molecule has 0 saturated heterocycles. The molecule has 2 N–H and O–H groups in total. The first-order valence-corrected chi connectivity index (χ1v) is 6.86. The molecule has 0 heterocycles. The van der Waals surface area contributed by atoms with E-state index in [1.807, 2.05) is 43.3 Å². The maximum atomic E-state index is 13.1. The van der Waals surface area contributed by atoms with Gasteiger partial charge in [-0.05, 0) is 36.6 Å². The van der Waals surface area contributed by atoms with Crippen molar-refractivity contribution in [3.63, 3.8) is 0 Å². The lowest BCUT2D eigenvalue weighted by molar-refractivity contribution is 0.170. The largest absolute Gasteiger partial charge is 0.387 e. The van der Waals surface area contributed by atoms with Gasteiger partial charge >= 0.3 is 0 Å². The molecule has 20 heavy (non-hydrogen) atoms. The van der Waals surface area contributed by atoms with Crippen LogP contribution in [0.2, 0.25) is 0 Å². The molecule has 2 unspecified atom stereocenters. The molecule has 0 saturated carbocycles. The molecule has 0 bridgehead atoms. The summed E-state index contributed by atoms with van der Waals surface area (Å²) in [7, 11) is 0. The minimum Gasteiger partial charge on any atom is -0.387 e. The number of hydrogen-bond acceptors (Lipinski definition) is 2. The molecule has 106 valence electrons. The highest BCUT2D eigenvalue weighted by molar-refractivity contribution is 5.18. The molecule has 0 amide bonds. The van der Waals surface area contributed by atoms with Crippen molar-refractivity contribution in [3.05, 3.63) is 71.5 Å². The maximum absolute atomic E-state index is 13.1. The molecule has 0 fully saturated rings. The number of aliphatic hydroxyl groups excluding tert-OH is 1. The Morgan fingerprint density at radius 3 is 2.55 bits per heavy atom. The Morgan fingerprint density at radius 1 is 1.10 bits per heavy atom. The van der Waals surface area contributed by atoms with E-state index in [0.717, 1.165) is 17.5 Å². The van der Waals surface area contributed by atoms with Crippen molar-refractivity contribution < 1.29 is 9.50 Å². The highest BCUT2D eigenvalue weighted by atomic mass is 19.1. The molecule has 2 rings (SSSR count). The zero-order valence-corrected chi connectivity index (χ0v) is 11.6. The third kappa shape index (κ3) is 4.44. The van der Waals surface area contributed by atoms with Crippen LogP contribution in [0.5, 0.6) is 0 Å². The van der Waals surface area contributed by atoms with Gasteiger partial charge in [-0.3, -0.25) is 0 Å². The molecule has 0 aliphatic heterocycles. The van der Waals surface area contributed by atoms with Crippen LogP contribution in [0, 0.1) is 5.82 Å². The second-order valence-electron chi connectivity index (χ2n) is 5.07. The van der Waals surface area contributed by atoms with Crippen LogP contribution in [0.25, 0.3) is 0 Å². The molecule has 2 nitrogen and oxygen atoms in total. The molecule has 2 aromatic carbocycles. The summed E-state index contributed by atoms with van der Waals surface area (Å²) in [5.41, 5.74) is 1.86. The molecule has 0 aliphatic rings. The van der Waals surface area contributed by atoms with E-state index in [1.165, 1.54) is 6.07 Å². The van der Waals surface area contributed by atoms with Crippen molar-refractivity contribution in [3.8, 4) is 0 Å². The summed E-state index contributed by atoms with van der Waals surface area (Å²) >= 11 is 0. The Morgan fingerprint density at radius 2 is 1.85 bits per heavy atom. The maximum Gasteiger partial charge on any atom is 0.123 e. The topological polar surface area (TPSA) is 32.3 Å². The SMILES string of the molecule is CC(Cc1cccc(F)c1)NCC(O)c1ccccc1. The van der Waals surface area contributed by atoms with E-state index in [1.54, 1.807) is 12.1 Å². The van der Waals surface area contributed by atoms with Gasteiger partial charge in [0.1, 0.15) is 5.82 Å². The number of nitrogens with one attached hydrogen (secondary N) is 1. The van der Waals surface area contributed by atoms with Crippen molar-refractivity contribution in [2.75, 3.05) is 6.54 Å². The fourth-order valence-corrected chi connectivity index (χ4v) is 2.20. The lowest BCUT2D eigenvalue weighted by Crippen LogP contribution is -2.32. The van der Waals surface area contributed by atoms with E-state index in [9.17, 15) is 9.50 Å². The molecule has 0 radical (unpaired) electrons. The second kappa shape index (κ2) is 7.17. The molecular weight excluding hydrogens is 253 g/mol. The summed E-state index contributed by atoms with van der Waals surface area (Å²) in [6.45, 7) is 2.52. The zero-order chi connectivity index (χ0) is 14.4. The van der Waals surface area contributed by atoms with E-state index in [0.29, 0.717) is 6.54 Å². The van der Waals surface area contributed by atoms with Crippen LogP contribution >= 0.6 is 0 Å². The number of hydrogen-bond donors (Lipinski definition) is 2. The summed E-state index contributed by atoms with van der Waals surface area (Å²) in [5.74, 6) is -0.209. The fourth-order valence-electron chi connectivity index (χ4n) is 2.20. The van der Waals surface area contributed by atoms with Gasteiger partial charge in [0.2, 0.25) is 0 Å². The Bertz CT molecular complexity index is 530. The fraction of sp³-hybridized carbons (Fsp3) is 0.294. The van der Waals surface area contributed by atoms with E-state index in [-0.39, 0.29) is 11.9 Å². The van der Waals surface area contributed by atoms with E-state index < -0.39 is 6.10 Å². The van der Waals surface area contributed by atoms with Gasteiger partial charge in [-0.15, -0.1) is 0 Å². The van der Waals surface area contributed by atoms with Crippen molar-refractivity contribution in [2.45, 2.75) is 25.5 Å². The normalized spacial score (nSPS) is 13.9. The third-order valence-electron chi connectivity index (χ3n) is 3.27. The van der Waals surface area contributed by atoms with Gasteiger partial charge in [0, 0.05) is 12.6 Å². The van der Waals surface area contributed by atoms with Crippen LogP contribution in [-0.2, 0) is 6.42 Å². The predicted octanol–water partition coefficient (Wildman–Crippen LogP) is 3.08. The number of halogens is 1. The minimum atomic E-state index is -0.522. The Kier molecular flexibility index (Phi) is 5.27. The van der Waals surface area contributed by atoms with Crippen LogP contribution in [-0.4, -0.2) is 17.7 Å². The Balaban J connectivity index is 1.82. The first-order valence-electron chi connectivity index (χ1n) is 6.86. The quantitative estimate of drug-likeness (QED) is 0.847. The van der Waals surface area contributed by atoms with Crippen LogP contribution < -0.4 is 5.32 Å². The zero-order valence-electron chi connectivity index (χ0n) is 11.6. The highest BCUT2D eigenvalue weighted by Crippen LogP contribution is 2.11. The van der Waals surface area contributed by atoms with E-state index in [4.69, 9.17) is 0 Å². The average Bonchev–Trinajstić information content (AvgIpc) is 2.46. The van der Waals surface area contributed by atoms with E-state index in [2.05, 4.69) is 5.32 Å². The Labute approximate surface area is 119 Å². The average molecular weight is 273 g/mol. The number of aliphatic hydroxyl groups is 1. The summed E-state index contributed by atoms with van der Waals surface area (Å²) < 4.78 is 13.1. The van der Waals surface area contributed by atoms with Crippen LogP contribution in [0.15, 0.2) is 54.6 Å². The lowest BCUT2D eigenvalue weighted by atomic mass is 10.1. The van der Waals surface area contributed by atoms with Crippen molar-refractivity contribution in [1.29, 1.82) is 0 Å². The number of rotatable bonds is 6. The summed E-state index contributed by atoms with van der Waals surface area (Å²) in [5, 5.41) is 13.3. The molecule has 2 aromatic rings. The van der Waals surface area contributed by atoms with Crippen LogP contribution in [0.1, 0.15) is 24.2 Å². The molecule has 0 aliphatic carbocycles. The van der Waals surface area contributed by atoms with Crippen LogP contribution in [0.3, 0.4) is 0 Å². The summed E-state index contributed by atoms with van der Waals surface area (Å²) in [6.07, 6.45) is 0.213. The molecule has 0 aromatic heterocycles. The van der Waals surface area contributed by atoms with Gasteiger partial charge in [0.25, 0.3) is 0 Å². The van der Waals surface area contributed by atoms with Gasteiger partial charge in [0.15, 0.2) is 0 Å². The Hall–Kier alpha value is -1.71. The van der Waals surface area contributed by atoms with Gasteiger partial charge in [-0.2, -0.15) is 0 Å². The molecular formula is C17H20FNO. The minimum absolute atomic E-state index is 0.176. The predicted molar refractivity (Wildman–Crippen MR) is 79.0 cm³/mol. The smallest absolute Gasteiger partial charge is 0.123 e. The summed E-state index contributed by atoms with van der Waals surface area (Å²) in [4.78, 5) is 0. The van der Waals surface area contributed by atoms with Gasteiger partial charge in [-0.25, -0.2) is 4.39 Å². The first-order chi connectivity index (χ1) is 9.65. The standard InChI is InChI=1S/C17H20FNO/c1-13(10-14-6-5-9-16(18)11-14)19-12-17(20)15-7-3-2-4-8-15/h2-9,11,13,17,19-20H,10,12H2,1H3. The first kappa shape index (κ1) is 14.7. The van der Waals surface area contributed by atoms with Gasteiger partial charge in [0.05, 0.1) is 6.10 Å². The van der Waals surface area contributed by atoms with Crippen LogP contribution in [0.4, 0.5) is 4.39 Å². The van der Waals surface area contributed by atoms with Crippen molar-refractivity contribution >= 4 is 0 Å². The van der Waals surface area contributed by atoms with Crippen molar-refractivity contribution in [1.82, 2.24) is 5.32 Å². The van der Waals surface area contributed by atoms with Gasteiger partial charge < -0.3 is 10.4 Å². The lowest BCUT2D eigenvalue weighted by Gasteiger charge is -2.17. The second-order valence-corrected chi connectivity index (χ2v) is 5.07.